The molecule has 0 aromatic heterocycles. The third-order valence-electron chi connectivity index (χ3n) is 6.58. The maximum atomic E-state index is 13.1. The highest BCUT2D eigenvalue weighted by Crippen LogP contribution is 2.50. The molecule has 1 fully saturated rings. The molecule has 1 aliphatic heterocycles. The lowest BCUT2D eigenvalue weighted by molar-refractivity contribution is -0.376. The molecule has 0 atom stereocenters. The van der Waals surface area contributed by atoms with Crippen molar-refractivity contribution in [2.75, 3.05) is 25.0 Å². The molecule has 1 saturated heterocycles. The van der Waals surface area contributed by atoms with Gasteiger partial charge < -0.3 is 15.7 Å². The number of likely N-dealkylation sites (tertiary alicyclic amines) is 1. The number of urea groups is 1. The van der Waals surface area contributed by atoms with Crippen LogP contribution in [0.4, 0.5) is 36.8 Å². The monoisotopic (exact) mass is 531 g/mol. The summed E-state index contributed by atoms with van der Waals surface area (Å²) in [4.78, 5) is 13.9. The summed E-state index contributed by atoms with van der Waals surface area (Å²) in [6, 6.07) is 11.2. The van der Waals surface area contributed by atoms with Crippen LogP contribution in [0.5, 0.6) is 0 Å². The number of hydrogen-bond acceptors (Lipinski definition) is 3. The summed E-state index contributed by atoms with van der Waals surface area (Å²) in [5.41, 5.74) is -3.73. The second kappa shape index (κ2) is 11.7. The summed E-state index contributed by atoms with van der Waals surface area (Å²) in [5, 5.41) is 15.0. The SMILES string of the molecule is CCCNC(=O)Nc1ccc(CC2CCN(Cc3ccc(C(O)(C(F)(F)F)C(F)(F)F)cc3)CC2)cc1. The molecule has 37 heavy (non-hydrogen) atoms. The number of nitrogens with zero attached hydrogens (tertiary/aromatic N) is 1. The average molecular weight is 532 g/mol. The van der Waals surface area contributed by atoms with Crippen molar-refractivity contribution in [1.29, 1.82) is 0 Å². The van der Waals surface area contributed by atoms with E-state index < -0.39 is 23.5 Å². The maximum absolute atomic E-state index is 13.1. The van der Waals surface area contributed by atoms with Crippen LogP contribution in [0.2, 0.25) is 0 Å². The van der Waals surface area contributed by atoms with Crippen molar-refractivity contribution in [3.8, 4) is 0 Å². The number of halogens is 6. The summed E-state index contributed by atoms with van der Waals surface area (Å²) < 4.78 is 78.4. The number of alkyl halides is 6. The third-order valence-corrected chi connectivity index (χ3v) is 6.58. The number of amides is 2. The Balaban J connectivity index is 1.50. The number of piperidine rings is 1. The topological polar surface area (TPSA) is 64.6 Å². The molecule has 0 unspecified atom stereocenters. The standard InChI is InChI=1S/C26H31F6N3O2/c1-2-13-33-23(36)34-22-9-5-18(6-10-22)16-19-11-14-35(15-12-19)17-20-3-7-21(8-4-20)24(37,25(27,28)29)26(30,31)32/h3-10,19,37H,2,11-17H2,1H3,(H2,33,34,36). The highest BCUT2D eigenvalue weighted by atomic mass is 19.4. The van der Waals surface area contributed by atoms with Crippen LogP contribution in [-0.2, 0) is 18.6 Å². The Morgan fingerprint density at radius 3 is 1.97 bits per heavy atom. The zero-order chi connectivity index (χ0) is 27.3. The molecule has 0 radical (unpaired) electrons. The summed E-state index contributed by atoms with van der Waals surface area (Å²) in [5.74, 6) is 0.443. The van der Waals surface area contributed by atoms with Crippen LogP contribution in [0.15, 0.2) is 48.5 Å². The highest BCUT2D eigenvalue weighted by Gasteiger charge is 2.71. The predicted octanol–water partition coefficient (Wildman–Crippen LogP) is 5.99. The molecule has 3 rings (SSSR count). The van der Waals surface area contributed by atoms with Crippen molar-refractivity contribution in [3.05, 3.63) is 65.2 Å². The zero-order valence-corrected chi connectivity index (χ0v) is 20.4. The van der Waals surface area contributed by atoms with Gasteiger partial charge in [-0.2, -0.15) is 26.3 Å². The fraction of sp³-hybridized carbons (Fsp3) is 0.500. The number of anilines is 1. The van der Waals surface area contributed by atoms with E-state index >= 15 is 0 Å². The van der Waals surface area contributed by atoms with Gasteiger partial charge in [0.15, 0.2) is 0 Å². The van der Waals surface area contributed by atoms with Crippen LogP contribution in [0.1, 0.15) is 42.9 Å². The maximum Gasteiger partial charge on any atom is 0.430 e. The molecule has 11 heteroatoms. The van der Waals surface area contributed by atoms with E-state index in [4.69, 9.17) is 0 Å². The van der Waals surface area contributed by atoms with Crippen LogP contribution in [0.25, 0.3) is 0 Å². The van der Waals surface area contributed by atoms with E-state index in [1.807, 2.05) is 31.2 Å². The van der Waals surface area contributed by atoms with E-state index in [1.165, 1.54) is 12.1 Å². The molecule has 0 saturated carbocycles. The molecule has 0 bridgehead atoms. The normalized spacial score (nSPS) is 16.0. The minimum atomic E-state index is -5.89. The Kier molecular flexibility index (Phi) is 9.12. The van der Waals surface area contributed by atoms with Gasteiger partial charge in [0.2, 0.25) is 0 Å². The van der Waals surface area contributed by atoms with E-state index in [9.17, 15) is 36.2 Å². The molecule has 204 valence electrons. The largest absolute Gasteiger partial charge is 0.430 e. The summed E-state index contributed by atoms with van der Waals surface area (Å²) in [7, 11) is 0. The van der Waals surface area contributed by atoms with E-state index in [1.54, 1.807) is 0 Å². The van der Waals surface area contributed by atoms with Gasteiger partial charge in [0.25, 0.3) is 5.60 Å². The van der Waals surface area contributed by atoms with E-state index in [0.717, 1.165) is 44.3 Å². The minimum Gasteiger partial charge on any atom is -0.369 e. The smallest absolute Gasteiger partial charge is 0.369 e. The third kappa shape index (κ3) is 7.16. The summed E-state index contributed by atoms with van der Waals surface area (Å²) in [6.07, 6.45) is -8.26. The van der Waals surface area contributed by atoms with Gasteiger partial charge >= 0.3 is 18.4 Å². The van der Waals surface area contributed by atoms with Crippen molar-refractivity contribution in [3.63, 3.8) is 0 Å². The first-order valence-electron chi connectivity index (χ1n) is 12.1. The van der Waals surface area contributed by atoms with Gasteiger partial charge in [-0.1, -0.05) is 43.3 Å². The number of rotatable bonds is 8. The second-order valence-electron chi connectivity index (χ2n) is 9.40. The zero-order valence-electron chi connectivity index (χ0n) is 20.4. The molecule has 0 aliphatic carbocycles. The Labute approximate surface area is 211 Å². The van der Waals surface area contributed by atoms with E-state index in [2.05, 4.69) is 15.5 Å². The number of hydrogen-bond donors (Lipinski definition) is 3. The number of carbonyl (C=O) groups is 1. The Bertz CT molecular complexity index is 1000. The average Bonchev–Trinajstić information content (AvgIpc) is 2.84. The molecular formula is C26H31F6N3O2. The number of benzene rings is 2. The molecule has 1 heterocycles. The van der Waals surface area contributed by atoms with Gasteiger partial charge in [-0.15, -0.1) is 0 Å². The van der Waals surface area contributed by atoms with E-state index in [-0.39, 0.29) is 6.03 Å². The lowest BCUT2D eigenvalue weighted by Gasteiger charge is -2.33. The van der Waals surface area contributed by atoms with Gasteiger partial charge in [-0.25, -0.2) is 4.79 Å². The molecular weight excluding hydrogens is 500 g/mol. The van der Waals surface area contributed by atoms with Crippen molar-refractivity contribution >= 4 is 11.7 Å². The first kappa shape index (κ1) is 28.8. The van der Waals surface area contributed by atoms with Gasteiger partial charge in [0.1, 0.15) is 0 Å². The number of carbonyl (C=O) groups excluding carboxylic acids is 1. The molecule has 0 spiro atoms. The minimum absolute atomic E-state index is 0.243. The first-order valence-corrected chi connectivity index (χ1v) is 12.1. The van der Waals surface area contributed by atoms with E-state index in [0.29, 0.717) is 42.4 Å². The summed E-state index contributed by atoms with van der Waals surface area (Å²) in [6.45, 7) is 4.47. The van der Waals surface area contributed by atoms with Crippen molar-refractivity contribution in [2.24, 2.45) is 5.92 Å². The molecule has 3 N–H and O–H groups in total. The van der Waals surface area contributed by atoms with Crippen molar-refractivity contribution in [1.82, 2.24) is 10.2 Å². The second-order valence-corrected chi connectivity index (χ2v) is 9.40. The van der Waals surface area contributed by atoms with Crippen LogP contribution in [0.3, 0.4) is 0 Å². The summed E-state index contributed by atoms with van der Waals surface area (Å²) >= 11 is 0. The van der Waals surface area contributed by atoms with Crippen LogP contribution in [-0.4, -0.2) is 48.0 Å². The van der Waals surface area contributed by atoms with Gasteiger partial charge in [-0.05, 0) is 68.0 Å². The van der Waals surface area contributed by atoms with Gasteiger partial charge in [0.05, 0.1) is 0 Å². The lowest BCUT2D eigenvalue weighted by atomic mass is 9.89. The molecule has 2 aromatic carbocycles. The lowest BCUT2D eigenvalue weighted by Crippen LogP contribution is -2.53. The van der Waals surface area contributed by atoms with Crippen LogP contribution in [0, 0.1) is 5.92 Å². The van der Waals surface area contributed by atoms with Crippen LogP contribution >= 0.6 is 0 Å². The van der Waals surface area contributed by atoms with Gasteiger partial charge in [0, 0.05) is 24.3 Å². The number of nitrogens with one attached hydrogen (secondary N) is 2. The molecule has 2 aromatic rings. The quantitative estimate of drug-likeness (QED) is 0.367. The van der Waals surface area contributed by atoms with Crippen LogP contribution < -0.4 is 10.6 Å². The first-order chi connectivity index (χ1) is 17.3. The molecule has 5 nitrogen and oxygen atoms in total. The van der Waals surface area contributed by atoms with Crippen molar-refractivity contribution < 1.29 is 36.2 Å². The molecule has 1 aliphatic rings. The molecule has 2 amide bonds. The predicted molar refractivity (Wildman–Crippen MR) is 128 cm³/mol. The fourth-order valence-electron chi connectivity index (χ4n) is 4.42. The van der Waals surface area contributed by atoms with Gasteiger partial charge in [-0.3, -0.25) is 4.90 Å². The highest BCUT2D eigenvalue weighted by molar-refractivity contribution is 5.89. The Morgan fingerprint density at radius 1 is 0.919 bits per heavy atom. The fourth-order valence-corrected chi connectivity index (χ4v) is 4.42. The Morgan fingerprint density at radius 2 is 1.46 bits per heavy atom. The Hall–Kier alpha value is -2.79. The number of aliphatic hydroxyl groups is 1. The van der Waals surface area contributed by atoms with Crippen molar-refractivity contribution in [2.45, 2.75) is 57.1 Å².